The first kappa shape index (κ1) is 36.4. The predicted molar refractivity (Wildman–Crippen MR) is 175 cm³/mol. The average Bonchev–Trinajstić information content (AvgIpc) is 2.98. The van der Waals surface area contributed by atoms with Gasteiger partial charge in [-0.1, -0.05) is 31.1 Å². The molecule has 46 heavy (non-hydrogen) atoms. The number of benzene rings is 3. The van der Waals surface area contributed by atoms with Crippen molar-refractivity contribution in [2.24, 2.45) is 11.1 Å². The number of ether oxygens (including phenoxy) is 1. The second-order valence-corrected chi connectivity index (χ2v) is 13.5. The normalized spacial score (nSPS) is 13.3. The topological polar surface area (TPSA) is 130 Å². The summed E-state index contributed by atoms with van der Waals surface area (Å²) in [6.07, 6.45) is -0.244. The quantitative estimate of drug-likeness (QED) is 0.155. The number of nitrogens with zero attached hydrogens (tertiary/aromatic N) is 2. The maximum absolute atomic E-state index is 14.0. The highest BCUT2D eigenvalue weighted by Gasteiger charge is 2.25. The number of carbonyl (C=O) groups excluding carboxylic acids is 1. The summed E-state index contributed by atoms with van der Waals surface area (Å²) in [5.74, 6) is -1.33. The molecule has 0 unspecified atom stereocenters. The smallest absolute Gasteiger partial charge is 0.251 e. The van der Waals surface area contributed by atoms with E-state index in [9.17, 15) is 27.1 Å². The summed E-state index contributed by atoms with van der Waals surface area (Å²) in [7, 11) is -0.770. The molecule has 3 rings (SSSR count). The molecule has 0 saturated carbocycles. The number of hydrogen-bond donors (Lipinski definition) is 3. The Hall–Kier alpha value is -4.07. The van der Waals surface area contributed by atoms with Gasteiger partial charge in [-0.3, -0.25) is 9.10 Å². The largest absolute Gasteiger partial charge is 0.497 e. The molecule has 0 radical (unpaired) electrons. The molecular formula is C33H42F2N4O6S. The molecule has 0 aliphatic rings. The molecule has 3 N–H and O–H groups in total. The van der Waals surface area contributed by atoms with Crippen molar-refractivity contribution in [3.8, 4) is 5.75 Å². The Bertz CT molecular complexity index is 1610. The lowest BCUT2D eigenvalue weighted by Crippen LogP contribution is -2.48. The minimum Gasteiger partial charge on any atom is -0.497 e. The molecule has 1 amide bonds. The molecule has 0 aromatic heterocycles. The van der Waals surface area contributed by atoms with Crippen LogP contribution in [0, 0.1) is 17.6 Å². The number of halogens is 2. The number of hydrogen-bond acceptors (Lipinski definition) is 8. The first-order valence-corrected chi connectivity index (χ1v) is 16.5. The molecule has 0 spiro atoms. The highest BCUT2D eigenvalue weighted by molar-refractivity contribution is 7.92. The fourth-order valence-corrected chi connectivity index (χ4v) is 4.96. The van der Waals surface area contributed by atoms with E-state index in [4.69, 9.17) is 9.57 Å². The molecule has 10 nitrogen and oxygen atoms in total. The fourth-order valence-electron chi connectivity index (χ4n) is 4.47. The van der Waals surface area contributed by atoms with Gasteiger partial charge in [0.25, 0.3) is 5.91 Å². The van der Waals surface area contributed by atoms with Crippen molar-refractivity contribution < 1.29 is 36.7 Å². The van der Waals surface area contributed by atoms with Gasteiger partial charge < -0.3 is 25.3 Å². The molecule has 3 aromatic rings. The Kier molecular flexibility index (Phi) is 13.0. The average molecular weight is 661 g/mol. The summed E-state index contributed by atoms with van der Waals surface area (Å²) in [4.78, 5) is 19.1. The molecule has 0 aliphatic carbocycles. The molecule has 13 heteroatoms. The number of nitrogens with one attached hydrogen (secondary N) is 2. The van der Waals surface area contributed by atoms with Crippen LogP contribution in [0.15, 0.2) is 65.8 Å². The molecule has 0 fully saturated rings. The van der Waals surface area contributed by atoms with Gasteiger partial charge in [0, 0.05) is 37.3 Å². The first-order valence-electron chi connectivity index (χ1n) is 14.7. The van der Waals surface area contributed by atoms with Crippen molar-refractivity contribution >= 4 is 27.3 Å². The minimum absolute atomic E-state index is 0.0288. The summed E-state index contributed by atoms with van der Waals surface area (Å²) in [5, 5.41) is 21.2. The Morgan fingerprint density at radius 2 is 1.70 bits per heavy atom. The summed E-state index contributed by atoms with van der Waals surface area (Å²) in [6.45, 7) is 6.37. The van der Waals surface area contributed by atoms with E-state index in [1.165, 1.54) is 19.2 Å². The zero-order chi connectivity index (χ0) is 34.0. The molecule has 0 aliphatic heterocycles. The molecule has 3 aromatic carbocycles. The fraction of sp³-hybridized carbons (Fsp3) is 0.394. The molecule has 0 bridgehead atoms. The zero-order valence-corrected chi connectivity index (χ0v) is 27.7. The van der Waals surface area contributed by atoms with E-state index in [1.54, 1.807) is 20.1 Å². The molecule has 250 valence electrons. The van der Waals surface area contributed by atoms with Crippen molar-refractivity contribution in [2.45, 2.75) is 45.9 Å². The predicted octanol–water partition coefficient (Wildman–Crippen LogP) is 4.26. The van der Waals surface area contributed by atoms with E-state index in [2.05, 4.69) is 15.8 Å². The minimum atomic E-state index is -3.69. The molecule has 0 saturated heterocycles. The molecular weight excluding hydrogens is 618 g/mol. The highest BCUT2D eigenvalue weighted by atomic mass is 32.2. The van der Waals surface area contributed by atoms with Gasteiger partial charge in [-0.15, -0.1) is 0 Å². The number of aliphatic hydroxyl groups is 1. The number of amides is 1. The lowest BCUT2D eigenvalue weighted by atomic mass is 9.99. The van der Waals surface area contributed by atoms with Crippen LogP contribution in [0.4, 0.5) is 14.5 Å². The number of rotatable bonds is 16. The zero-order valence-electron chi connectivity index (χ0n) is 26.9. The van der Waals surface area contributed by atoms with Gasteiger partial charge in [0.2, 0.25) is 10.0 Å². The Morgan fingerprint density at radius 1 is 1.02 bits per heavy atom. The number of aliphatic hydroxyl groups excluding tert-OH is 1. The number of carbonyl (C=O) groups is 1. The molecule has 0 heterocycles. The van der Waals surface area contributed by atoms with E-state index < -0.39 is 39.7 Å². The van der Waals surface area contributed by atoms with E-state index in [1.807, 2.05) is 38.1 Å². The SMILES string of the molecule is COc1cccc(CNC[C@@H](O)[C@H](Cc2cc(F)cc(F)c2)NC(=O)c2cc(/C(C)=N\OCC(C)C)cc(N(C)S(C)(=O)=O)c2)c1. The third kappa shape index (κ3) is 11.1. The summed E-state index contributed by atoms with van der Waals surface area (Å²) >= 11 is 0. The summed E-state index contributed by atoms with van der Waals surface area (Å²) in [6, 6.07) is 13.9. The van der Waals surface area contributed by atoms with Crippen LogP contribution in [0.1, 0.15) is 47.8 Å². The van der Waals surface area contributed by atoms with Crippen LogP contribution in [-0.4, -0.2) is 70.9 Å². The number of oxime groups is 1. The Morgan fingerprint density at radius 3 is 2.33 bits per heavy atom. The number of methoxy groups -OCH3 is 1. The summed E-state index contributed by atoms with van der Waals surface area (Å²) < 4.78 is 59.1. The van der Waals surface area contributed by atoms with Gasteiger partial charge in [0.15, 0.2) is 0 Å². The van der Waals surface area contributed by atoms with Crippen LogP contribution in [0.25, 0.3) is 0 Å². The number of anilines is 1. The molecule has 2 atom stereocenters. The van der Waals surface area contributed by atoms with Crippen LogP contribution in [0.2, 0.25) is 0 Å². The van der Waals surface area contributed by atoms with Crippen LogP contribution in [0.3, 0.4) is 0 Å². The Balaban J connectivity index is 1.91. The van der Waals surface area contributed by atoms with Crippen molar-refractivity contribution in [1.82, 2.24) is 10.6 Å². The van der Waals surface area contributed by atoms with Crippen LogP contribution < -0.4 is 19.7 Å². The lowest BCUT2D eigenvalue weighted by molar-refractivity contribution is 0.0829. The van der Waals surface area contributed by atoms with Crippen molar-refractivity contribution in [3.05, 3.63) is 94.6 Å². The second-order valence-electron chi connectivity index (χ2n) is 11.5. The van der Waals surface area contributed by atoms with Gasteiger partial charge in [-0.2, -0.15) is 0 Å². The van der Waals surface area contributed by atoms with Crippen LogP contribution in [0.5, 0.6) is 5.75 Å². The van der Waals surface area contributed by atoms with Gasteiger partial charge >= 0.3 is 0 Å². The lowest BCUT2D eigenvalue weighted by Gasteiger charge is -2.26. The maximum atomic E-state index is 14.0. The van der Waals surface area contributed by atoms with Crippen LogP contribution in [-0.2, 0) is 27.8 Å². The third-order valence-electron chi connectivity index (χ3n) is 7.04. The van der Waals surface area contributed by atoms with E-state index in [-0.39, 0.29) is 35.7 Å². The van der Waals surface area contributed by atoms with E-state index in [0.29, 0.717) is 30.2 Å². The van der Waals surface area contributed by atoms with Gasteiger partial charge in [0.1, 0.15) is 24.0 Å². The van der Waals surface area contributed by atoms with Gasteiger partial charge in [0.05, 0.1) is 36.9 Å². The van der Waals surface area contributed by atoms with Gasteiger partial charge in [-0.05, 0) is 72.9 Å². The number of sulfonamides is 1. The highest BCUT2D eigenvalue weighted by Crippen LogP contribution is 2.22. The first-order chi connectivity index (χ1) is 21.7. The van der Waals surface area contributed by atoms with E-state index in [0.717, 1.165) is 34.3 Å². The second kappa shape index (κ2) is 16.5. The third-order valence-corrected chi connectivity index (χ3v) is 8.25. The van der Waals surface area contributed by atoms with Crippen molar-refractivity contribution in [3.63, 3.8) is 0 Å². The standard InChI is InChI=1S/C33H42F2N4O6S/c1-21(2)20-45-38-22(3)25-14-26(16-29(15-25)39(4)46(6,42)43)33(41)37-31(13-24-10-27(34)17-28(35)11-24)32(40)19-36-18-23-8-7-9-30(12-23)44-5/h7-12,14-17,21,31-32,36,40H,13,18-20H2,1-6H3,(H,37,41)/b38-22-/t31-,32+/m0/s1. The Labute approximate surface area is 269 Å². The van der Waals surface area contributed by atoms with E-state index >= 15 is 0 Å². The summed E-state index contributed by atoms with van der Waals surface area (Å²) in [5.41, 5.74) is 2.25. The van der Waals surface area contributed by atoms with Crippen molar-refractivity contribution in [1.29, 1.82) is 0 Å². The van der Waals surface area contributed by atoms with Gasteiger partial charge in [-0.25, -0.2) is 17.2 Å². The maximum Gasteiger partial charge on any atom is 0.251 e. The monoisotopic (exact) mass is 660 g/mol. The van der Waals surface area contributed by atoms with Crippen LogP contribution >= 0.6 is 0 Å². The van der Waals surface area contributed by atoms with Crippen molar-refractivity contribution in [2.75, 3.05) is 37.9 Å².